The molecule has 1 N–H and O–H groups in total. The van der Waals surface area contributed by atoms with Gasteiger partial charge in [-0.3, -0.25) is 0 Å². The normalized spacial score (nSPS) is 12.7. The summed E-state index contributed by atoms with van der Waals surface area (Å²) in [5, 5.41) is 3.81. The first kappa shape index (κ1) is 12.7. The van der Waals surface area contributed by atoms with Gasteiger partial charge >= 0.3 is 0 Å². The van der Waals surface area contributed by atoms with Crippen molar-refractivity contribution in [1.29, 1.82) is 0 Å². The van der Waals surface area contributed by atoms with Gasteiger partial charge in [0.15, 0.2) is 0 Å². The highest BCUT2D eigenvalue weighted by Crippen LogP contribution is 2.32. The van der Waals surface area contributed by atoms with Crippen molar-refractivity contribution in [1.82, 2.24) is 5.32 Å². The SMILES string of the molecule is CNC(C)c1ccc(-c2ccc(Br)cc2Cl)o1. The van der Waals surface area contributed by atoms with Crippen LogP contribution in [0.1, 0.15) is 18.7 Å². The predicted molar refractivity (Wildman–Crippen MR) is 74.3 cm³/mol. The lowest BCUT2D eigenvalue weighted by atomic mass is 10.2. The highest BCUT2D eigenvalue weighted by Gasteiger charge is 2.11. The molecule has 0 bridgehead atoms. The molecule has 1 atom stereocenters. The van der Waals surface area contributed by atoms with Gasteiger partial charge in [-0.05, 0) is 44.3 Å². The molecule has 1 aromatic carbocycles. The van der Waals surface area contributed by atoms with Crippen molar-refractivity contribution >= 4 is 27.5 Å². The van der Waals surface area contributed by atoms with Gasteiger partial charge in [0.25, 0.3) is 0 Å². The number of hydrogen-bond acceptors (Lipinski definition) is 2. The van der Waals surface area contributed by atoms with Crippen LogP contribution in [0.5, 0.6) is 0 Å². The van der Waals surface area contributed by atoms with Crippen LogP contribution >= 0.6 is 27.5 Å². The van der Waals surface area contributed by atoms with Crippen molar-refractivity contribution in [2.75, 3.05) is 7.05 Å². The van der Waals surface area contributed by atoms with Gasteiger partial charge in [-0.25, -0.2) is 0 Å². The molecule has 17 heavy (non-hydrogen) atoms. The standard InChI is InChI=1S/C13H13BrClNO/c1-8(16-2)12-5-6-13(17-12)10-4-3-9(14)7-11(10)15/h3-8,16H,1-2H3. The Morgan fingerprint density at radius 1 is 1.29 bits per heavy atom. The molecule has 1 aromatic heterocycles. The average molecular weight is 315 g/mol. The zero-order valence-electron chi connectivity index (χ0n) is 9.63. The molecule has 0 amide bonds. The zero-order valence-corrected chi connectivity index (χ0v) is 12.0. The van der Waals surface area contributed by atoms with Gasteiger partial charge in [-0.2, -0.15) is 0 Å². The summed E-state index contributed by atoms with van der Waals surface area (Å²) in [6, 6.07) is 9.86. The molecule has 0 aliphatic rings. The predicted octanol–water partition coefficient (Wildman–Crippen LogP) is 4.64. The number of hydrogen-bond donors (Lipinski definition) is 1. The van der Waals surface area contributed by atoms with Crippen molar-refractivity contribution in [2.24, 2.45) is 0 Å². The molecule has 0 saturated carbocycles. The number of rotatable bonds is 3. The van der Waals surface area contributed by atoms with Crippen molar-refractivity contribution in [2.45, 2.75) is 13.0 Å². The summed E-state index contributed by atoms with van der Waals surface area (Å²) in [5.74, 6) is 1.70. The van der Waals surface area contributed by atoms with Crippen LogP contribution in [0, 0.1) is 0 Å². The van der Waals surface area contributed by atoms with Gasteiger partial charge in [0.1, 0.15) is 11.5 Å². The quantitative estimate of drug-likeness (QED) is 0.892. The molecule has 1 unspecified atom stereocenters. The second-order valence-corrected chi connectivity index (χ2v) is 5.16. The van der Waals surface area contributed by atoms with Gasteiger partial charge in [0, 0.05) is 10.0 Å². The molecule has 2 rings (SSSR count). The molecule has 0 aliphatic heterocycles. The first-order valence-electron chi connectivity index (χ1n) is 5.34. The maximum absolute atomic E-state index is 6.18. The summed E-state index contributed by atoms with van der Waals surface area (Å²) in [5.41, 5.74) is 0.907. The Labute approximate surface area is 114 Å². The topological polar surface area (TPSA) is 25.2 Å². The van der Waals surface area contributed by atoms with Gasteiger partial charge in [-0.1, -0.05) is 27.5 Å². The van der Waals surface area contributed by atoms with E-state index in [1.54, 1.807) is 0 Å². The largest absolute Gasteiger partial charge is 0.459 e. The molecule has 0 radical (unpaired) electrons. The Morgan fingerprint density at radius 3 is 2.71 bits per heavy atom. The summed E-state index contributed by atoms with van der Waals surface area (Å²) in [7, 11) is 1.90. The molecule has 0 aliphatic carbocycles. The molecular weight excluding hydrogens is 302 g/mol. The number of nitrogens with one attached hydrogen (secondary N) is 1. The van der Waals surface area contributed by atoms with Crippen LogP contribution in [0.15, 0.2) is 39.2 Å². The van der Waals surface area contributed by atoms with E-state index in [4.69, 9.17) is 16.0 Å². The maximum atomic E-state index is 6.18. The first-order valence-corrected chi connectivity index (χ1v) is 6.51. The molecule has 1 heterocycles. The fraction of sp³-hybridized carbons (Fsp3) is 0.231. The van der Waals surface area contributed by atoms with Crippen molar-refractivity contribution in [3.8, 4) is 11.3 Å². The third kappa shape index (κ3) is 2.73. The van der Waals surface area contributed by atoms with Crippen LogP contribution in [0.2, 0.25) is 5.02 Å². The number of halogens is 2. The fourth-order valence-corrected chi connectivity index (χ4v) is 2.33. The highest BCUT2D eigenvalue weighted by molar-refractivity contribution is 9.10. The Balaban J connectivity index is 2.37. The minimum absolute atomic E-state index is 0.193. The zero-order chi connectivity index (χ0) is 12.4. The van der Waals surface area contributed by atoms with E-state index in [0.29, 0.717) is 5.02 Å². The third-order valence-electron chi connectivity index (χ3n) is 2.68. The molecule has 2 nitrogen and oxygen atoms in total. The summed E-state index contributed by atoms with van der Waals surface area (Å²) < 4.78 is 6.74. The fourth-order valence-electron chi connectivity index (χ4n) is 1.56. The van der Waals surface area contributed by atoms with E-state index >= 15 is 0 Å². The van der Waals surface area contributed by atoms with E-state index in [0.717, 1.165) is 21.6 Å². The molecule has 2 aromatic rings. The van der Waals surface area contributed by atoms with E-state index in [1.807, 2.05) is 44.3 Å². The average Bonchev–Trinajstić information content (AvgIpc) is 2.77. The summed E-state index contributed by atoms with van der Waals surface area (Å²) in [6.07, 6.45) is 0. The Morgan fingerprint density at radius 2 is 2.06 bits per heavy atom. The van der Waals surface area contributed by atoms with Crippen LogP contribution in [-0.4, -0.2) is 7.05 Å². The van der Waals surface area contributed by atoms with Gasteiger partial charge < -0.3 is 9.73 Å². The Kier molecular flexibility index (Phi) is 3.92. The van der Waals surface area contributed by atoms with Crippen LogP contribution in [0.3, 0.4) is 0 Å². The van der Waals surface area contributed by atoms with Crippen LogP contribution < -0.4 is 5.32 Å². The molecule has 0 spiro atoms. The molecule has 0 fully saturated rings. The lowest BCUT2D eigenvalue weighted by Gasteiger charge is -2.06. The maximum Gasteiger partial charge on any atom is 0.135 e. The van der Waals surface area contributed by atoms with Crippen molar-refractivity contribution in [3.63, 3.8) is 0 Å². The van der Waals surface area contributed by atoms with Gasteiger partial charge in [0.2, 0.25) is 0 Å². The molecular formula is C13H13BrClNO. The van der Waals surface area contributed by atoms with Gasteiger partial charge in [0.05, 0.1) is 11.1 Å². The van der Waals surface area contributed by atoms with Crippen LogP contribution in [-0.2, 0) is 0 Å². The monoisotopic (exact) mass is 313 g/mol. The first-order chi connectivity index (χ1) is 8.11. The van der Waals surface area contributed by atoms with Crippen molar-refractivity contribution < 1.29 is 4.42 Å². The van der Waals surface area contributed by atoms with E-state index in [2.05, 4.69) is 21.2 Å². The smallest absolute Gasteiger partial charge is 0.135 e. The van der Waals surface area contributed by atoms with E-state index in [9.17, 15) is 0 Å². The van der Waals surface area contributed by atoms with Crippen LogP contribution in [0.25, 0.3) is 11.3 Å². The lowest BCUT2D eigenvalue weighted by molar-refractivity contribution is 0.458. The van der Waals surface area contributed by atoms with Crippen LogP contribution in [0.4, 0.5) is 0 Å². The summed E-state index contributed by atoms with van der Waals surface area (Å²) in [6.45, 7) is 2.05. The summed E-state index contributed by atoms with van der Waals surface area (Å²) >= 11 is 9.56. The third-order valence-corrected chi connectivity index (χ3v) is 3.49. The number of furan rings is 1. The molecule has 90 valence electrons. The van der Waals surface area contributed by atoms with E-state index in [1.165, 1.54) is 0 Å². The van der Waals surface area contributed by atoms with Gasteiger partial charge in [-0.15, -0.1) is 0 Å². The second kappa shape index (κ2) is 5.25. The lowest BCUT2D eigenvalue weighted by Crippen LogP contribution is -2.10. The van der Waals surface area contributed by atoms with E-state index < -0.39 is 0 Å². The molecule has 4 heteroatoms. The minimum atomic E-state index is 0.193. The highest BCUT2D eigenvalue weighted by atomic mass is 79.9. The Bertz CT molecular complexity index is 524. The molecule has 0 saturated heterocycles. The van der Waals surface area contributed by atoms with E-state index in [-0.39, 0.29) is 6.04 Å². The second-order valence-electron chi connectivity index (χ2n) is 3.84. The number of benzene rings is 1. The minimum Gasteiger partial charge on any atom is -0.459 e. The summed E-state index contributed by atoms with van der Waals surface area (Å²) in [4.78, 5) is 0. The van der Waals surface area contributed by atoms with Crippen molar-refractivity contribution in [3.05, 3.63) is 45.6 Å². The Hall–Kier alpha value is -0.770.